The molecule has 1 amide bonds. The molecule has 1 aromatic heterocycles. The molecule has 0 bridgehead atoms. The predicted octanol–water partition coefficient (Wildman–Crippen LogP) is 1.94. The van der Waals surface area contributed by atoms with Crippen molar-refractivity contribution in [1.29, 1.82) is 0 Å². The Morgan fingerprint density at radius 1 is 1.77 bits per heavy atom. The van der Waals surface area contributed by atoms with Crippen LogP contribution in [0.25, 0.3) is 0 Å². The lowest BCUT2D eigenvalue weighted by molar-refractivity contribution is 0.0956. The van der Waals surface area contributed by atoms with Crippen LogP contribution in [0.15, 0.2) is 5.51 Å². The standard InChI is InChI=1S/C8H9ClN2OS/c9-7-6(13-4-11-7)8(12)10-3-5-1-2-5/h4-5H,1-3H2,(H,10,12). The fraction of sp³-hybridized carbons (Fsp3) is 0.500. The number of amides is 1. The van der Waals surface area contributed by atoms with Crippen LogP contribution in [0.1, 0.15) is 22.5 Å². The third-order valence-corrected chi connectivity index (χ3v) is 3.20. The van der Waals surface area contributed by atoms with Gasteiger partial charge in [-0.3, -0.25) is 4.79 Å². The van der Waals surface area contributed by atoms with Crippen molar-refractivity contribution in [2.45, 2.75) is 12.8 Å². The van der Waals surface area contributed by atoms with E-state index in [1.807, 2.05) is 0 Å². The van der Waals surface area contributed by atoms with E-state index in [1.165, 1.54) is 24.2 Å². The maximum absolute atomic E-state index is 11.4. The largest absolute Gasteiger partial charge is 0.351 e. The first kappa shape index (κ1) is 8.97. The number of carbonyl (C=O) groups is 1. The molecule has 1 N–H and O–H groups in total. The van der Waals surface area contributed by atoms with E-state index in [2.05, 4.69) is 10.3 Å². The number of rotatable bonds is 3. The van der Waals surface area contributed by atoms with E-state index < -0.39 is 0 Å². The van der Waals surface area contributed by atoms with Gasteiger partial charge in [0.2, 0.25) is 0 Å². The molecule has 5 heteroatoms. The first-order chi connectivity index (χ1) is 6.27. The van der Waals surface area contributed by atoms with Gasteiger partial charge in [0.25, 0.3) is 5.91 Å². The molecular formula is C8H9ClN2OS. The summed E-state index contributed by atoms with van der Waals surface area (Å²) in [6.45, 7) is 0.771. The van der Waals surface area contributed by atoms with Gasteiger partial charge in [-0.05, 0) is 18.8 Å². The fourth-order valence-electron chi connectivity index (χ4n) is 1.02. The molecule has 0 spiro atoms. The van der Waals surface area contributed by atoms with E-state index in [4.69, 9.17) is 11.6 Å². The number of hydrogen-bond donors (Lipinski definition) is 1. The number of aromatic nitrogens is 1. The summed E-state index contributed by atoms with van der Waals surface area (Å²) in [5, 5.41) is 3.14. The van der Waals surface area contributed by atoms with Gasteiger partial charge < -0.3 is 5.32 Å². The average molecular weight is 217 g/mol. The quantitative estimate of drug-likeness (QED) is 0.839. The molecule has 3 nitrogen and oxygen atoms in total. The molecule has 2 rings (SSSR count). The van der Waals surface area contributed by atoms with Crippen molar-refractivity contribution in [3.05, 3.63) is 15.5 Å². The van der Waals surface area contributed by atoms with Crippen molar-refractivity contribution in [3.63, 3.8) is 0 Å². The Morgan fingerprint density at radius 3 is 3.08 bits per heavy atom. The van der Waals surface area contributed by atoms with E-state index in [0.29, 0.717) is 15.9 Å². The molecule has 13 heavy (non-hydrogen) atoms. The molecule has 0 aromatic carbocycles. The van der Waals surface area contributed by atoms with Crippen LogP contribution >= 0.6 is 22.9 Å². The van der Waals surface area contributed by atoms with E-state index in [0.717, 1.165) is 6.54 Å². The Kier molecular flexibility index (Phi) is 2.51. The number of hydrogen-bond acceptors (Lipinski definition) is 3. The van der Waals surface area contributed by atoms with Crippen LogP contribution in [0.3, 0.4) is 0 Å². The van der Waals surface area contributed by atoms with Gasteiger partial charge in [-0.1, -0.05) is 11.6 Å². The lowest BCUT2D eigenvalue weighted by Gasteiger charge is -2.00. The second-order valence-corrected chi connectivity index (χ2v) is 4.34. The highest BCUT2D eigenvalue weighted by atomic mass is 35.5. The van der Waals surface area contributed by atoms with E-state index >= 15 is 0 Å². The molecule has 0 aliphatic heterocycles. The zero-order valence-corrected chi connectivity index (χ0v) is 8.49. The van der Waals surface area contributed by atoms with Crippen molar-refractivity contribution in [2.75, 3.05) is 6.54 Å². The van der Waals surface area contributed by atoms with Crippen LogP contribution in [0.5, 0.6) is 0 Å². The fourth-order valence-corrected chi connectivity index (χ4v) is 1.94. The van der Waals surface area contributed by atoms with Crippen LogP contribution in [0.4, 0.5) is 0 Å². The van der Waals surface area contributed by atoms with Crippen molar-refractivity contribution in [3.8, 4) is 0 Å². The smallest absolute Gasteiger partial charge is 0.264 e. The van der Waals surface area contributed by atoms with Crippen molar-refractivity contribution in [2.24, 2.45) is 5.92 Å². The second kappa shape index (κ2) is 3.64. The van der Waals surface area contributed by atoms with Crippen LogP contribution in [-0.2, 0) is 0 Å². The van der Waals surface area contributed by atoms with Crippen molar-refractivity contribution >= 4 is 28.8 Å². The van der Waals surface area contributed by atoms with Crippen LogP contribution in [-0.4, -0.2) is 17.4 Å². The van der Waals surface area contributed by atoms with Gasteiger partial charge in [0.1, 0.15) is 4.88 Å². The number of nitrogens with zero attached hydrogens (tertiary/aromatic N) is 1. The number of nitrogens with one attached hydrogen (secondary N) is 1. The molecule has 1 aromatic rings. The summed E-state index contributed by atoms with van der Waals surface area (Å²) >= 11 is 6.98. The molecule has 70 valence electrons. The van der Waals surface area contributed by atoms with Crippen molar-refractivity contribution < 1.29 is 4.79 Å². The van der Waals surface area contributed by atoms with E-state index in [1.54, 1.807) is 5.51 Å². The minimum absolute atomic E-state index is 0.0978. The first-order valence-corrected chi connectivity index (χ1v) is 5.40. The summed E-state index contributed by atoms with van der Waals surface area (Å²) in [6.07, 6.45) is 2.47. The average Bonchev–Trinajstić information content (AvgIpc) is 2.84. The lowest BCUT2D eigenvalue weighted by Crippen LogP contribution is -2.24. The monoisotopic (exact) mass is 216 g/mol. The summed E-state index contributed by atoms with van der Waals surface area (Å²) in [7, 11) is 0. The third-order valence-electron chi connectivity index (χ3n) is 1.98. The maximum Gasteiger partial charge on any atom is 0.264 e. The summed E-state index contributed by atoms with van der Waals surface area (Å²) in [4.78, 5) is 15.8. The Hall–Kier alpha value is -0.610. The highest BCUT2D eigenvalue weighted by molar-refractivity contribution is 7.12. The summed E-state index contributed by atoms with van der Waals surface area (Å²) in [5.74, 6) is 0.593. The van der Waals surface area contributed by atoms with E-state index in [9.17, 15) is 4.79 Å². The SMILES string of the molecule is O=C(NCC1CC1)c1scnc1Cl. The van der Waals surface area contributed by atoms with Crippen molar-refractivity contribution in [1.82, 2.24) is 10.3 Å². The molecular weight excluding hydrogens is 208 g/mol. The van der Waals surface area contributed by atoms with Gasteiger partial charge in [-0.15, -0.1) is 11.3 Å². The zero-order chi connectivity index (χ0) is 9.26. The Labute approximate surface area is 85.1 Å². The Balaban J connectivity index is 1.92. The lowest BCUT2D eigenvalue weighted by atomic mass is 10.4. The number of halogens is 1. The van der Waals surface area contributed by atoms with E-state index in [-0.39, 0.29) is 5.91 Å². The minimum Gasteiger partial charge on any atom is -0.351 e. The molecule has 1 aliphatic rings. The molecule has 1 aliphatic carbocycles. The minimum atomic E-state index is -0.0978. The molecule has 0 saturated heterocycles. The Bertz CT molecular complexity index is 322. The van der Waals surface area contributed by atoms with Gasteiger partial charge in [0, 0.05) is 6.54 Å². The summed E-state index contributed by atoms with van der Waals surface area (Å²) < 4.78 is 0. The van der Waals surface area contributed by atoms with Crippen LogP contribution < -0.4 is 5.32 Å². The van der Waals surface area contributed by atoms with Gasteiger partial charge in [0.15, 0.2) is 5.15 Å². The maximum atomic E-state index is 11.4. The van der Waals surface area contributed by atoms with Gasteiger partial charge in [0.05, 0.1) is 5.51 Å². The molecule has 1 saturated carbocycles. The van der Waals surface area contributed by atoms with Gasteiger partial charge in [-0.2, -0.15) is 0 Å². The van der Waals surface area contributed by atoms with Crippen LogP contribution in [0, 0.1) is 5.92 Å². The summed E-state index contributed by atoms with van der Waals surface area (Å²) in [5.41, 5.74) is 1.58. The number of carbonyl (C=O) groups excluding carboxylic acids is 1. The molecule has 0 atom stereocenters. The third kappa shape index (κ3) is 2.19. The van der Waals surface area contributed by atoms with Gasteiger partial charge >= 0.3 is 0 Å². The zero-order valence-electron chi connectivity index (χ0n) is 6.92. The topological polar surface area (TPSA) is 42.0 Å². The normalized spacial score (nSPS) is 15.8. The van der Waals surface area contributed by atoms with Crippen LogP contribution in [0.2, 0.25) is 5.15 Å². The second-order valence-electron chi connectivity index (χ2n) is 3.13. The number of thiazole rings is 1. The summed E-state index contributed by atoms with van der Waals surface area (Å²) in [6, 6.07) is 0. The molecule has 1 fully saturated rings. The first-order valence-electron chi connectivity index (χ1n) is 4.14. The van der Waals surface area contributed by atoms with Gasteiger partial charge in [-0.25, -0.2) is 4.98 Å². The molecule has 0 unspecified atom stereocenters. The Morgan fingerprint density at radius 2 is 2.54 bits per heavy atom. The molecule has 1 heterocycles. The predicted molar refractivity (Wildman–Crippen MR) is 52.2 cm³/mol. The highest BCUT2D eigenvalue weighted by Gasteiger charge is 2.22. The highest BCUT2D eigenvalue weighted by Crippen LogP contribution is 2.28. The molecule has 0 radical (unpaired) electrons.